The van der Waals surface area contributed by atoms with Crippen LogP contribution in [-0.2, 0) is 31.0 Å². The van der Waals surface area contributed by atoms with E-state index < -0.39 is 0 Å². The second kappa shape index (κ2) is 15.9. The molecular weight excluding hydrogens is 314 g/mol. The van der Waals surface area contributed by atoms with Crippen LogP contribution in [0.4, 0.5) is 0 Å². The fourth-order valence-corrected chi connectivity index (χ4v) is 2.61. The maximum atomic E-state index is 7.50. The predicted molar refractivity (Wildman–Crippen MR) is 71.9 cm³/mol. The topological polar surface area (TPSA) is 59.7 Å². The fraction of sp³-hybridized carbons (Fsp3) is 0.133. The normalized spacial score (nSPS) is 12.2. The summed E-state index contributed by atoms with van der Waals surface area (Å²) in [5, 5.41) is 0. The van der Waals surface area contributed by atoms with E-state index in [-0.39, 0.29) is 17.1 Å². The van der Waals surface area contributed by atoms with Gasteiger partial charge in [0.15, 0.2) is 0 Å². The van der Waals surface area contributed by atoms with Gasteiger partial charge in [0.1, 0.15) is 0 Å². The van der Waals surface area contributed by atoms with E-state index in [1.807, 2.05) is 0 Å². The Morgan fingerprint density at radius 3 is 1.65 bits per heavy atom. The van der Waals surface area contributed by atoms with Crippen molar-refractivity contribution in [1.82, 2.24) is 0 Å². The van der Waals surface area contributed by atoms with Crippen molar-refractivity contribution >= 4 is 14.0 Å². The van der Waals surface area contributed by atoms with E-state index in [1.54, 1.807) is 0 Å². The summed E-state index contributed by atoms with van der Waals surface area (Å²) in [4.78, 5) is 0. The molecule has 3 nitrogen and oxygen atoms in total. The van der Waals surface area contributed by atoms with Gasteiger partial charge in [0.25, 0.3) is 0 Å². The molecule has 0 aliphatic carbocycles. The molecule has 0 atom stereocenters. The third-order valence-corrected chi connectivity index (χ3v) is 3.75. The number of benzene rings is 1. The van der Waals surface area contributed by atoms with Crippen molar-refractivity contribution in [3.63, 3.8) is 0 Å². The first-order valence-corrected chi connectivity index (χ1v) is 6.01. The van der Waals surface area contributed by atoms with E-state index in [0.29, 0.717) is 0 Å². The first kappa shape index (κ1) is 23.9. The average Bonchev–Trinajstić information content (AvgIpc) is 2.86. The van der Waals surface area contributed by atoms with Gasteiger partial charge in [-0.3, -0.25) is 0 Å². The van der Waals surface area contributed by atoms with Crippen molar-refractivity contribution in [2.45, 2.75) is 13.8 Å². The van der Waals surface area contributed by atoms with Crippen LogP contribution < -0.4 is 0 Å². The Morgan fingerprint density at radius 2 is 1.30 bits per heavy atom. The molecule has 1 aliphatic heterocycles. The van der Waals surface area contributed by atoms with Gasteiger partial charge < -0.3 is 0 Å². The molecule has 1 heterocycles. The van der Waals surface area contributed by atoms with Gasteiger partial charge in [0, 0.05) is 17.1 Å². The van der Waals surface area contributed by atoms with Gasteiger partial charge in [0.2, 0.25) is 0 Å². The van der Waals surface area contributed by atoms with Gasteiger partial charge in [-0.15, -0.1) is 0 Å². The summed E-state index contributed by atoms with van der Waals surface area (Å²) in [5.41, 5.74) is 5.67. The minimum Gasteiger partial charge on any atom is 0 e. The van der Waals surface area contributed by atoms with E-state index in [2.05, 4.69) is 69.9 Å². The number of hydrogen-bond acceptors (Lipinski definition) is 0. The molecule has 0 N–H and O–H groups in total. The zero-order valence-electron chi connectivity index (χ0n) is 11.0. The van der Waals surface area contributed by atoms with E-state index in [0.717, 1.165) is 0 Å². The zero-order valence-corrected chi connectivity index (χ0v) is 13.1. The summed E-state index contributed by atoms with van der Waals surface area (Å²) >= 11 is 0. The fourth-order valence-electron chi connectivity index (χ4n) is 1.43. The first-order chi connectivity index (χ1) is 9.29. The molecule has 20 heavy (non-hydrogen) atoms. The van der Waals surface area contributed by atoms with E-state index in [9.17, 15) is 0 Å². The van der Waals surface area contributed by atoms with Crippen LogP contribution >= 0.6 is 8.20 Å². The summed E-state index contributed by atoms with van der Waals surface area (Å²) in [6, 6.07) is 10.6. The molecule has 1 aromatic rings. The molecule has 0 saturated carbocycles. The average molecular weight is 326 g/mol. The second-order valence-corrected chi connectivity index (χ2v) is 4.24. The molecule has 0 amide bonds. The molecule has 1 aliphatic rings. The van der Waals surface area contributed by atoms with Crippen LogP contribution in [0.5, 0.6) is 0 Å². The van der Waals surface area contributed by atoms with E-state index in [4.69, 9.17) is 14.0 Å². The van der Waals surface area contributed by atoms with Gasteiger partial charge >= 0.3 is 33.9 Å². The predicted octanol–water partition coefficient (Wildman–Crippen LogP) is 3.55. The molecule has 0 unspecified atom stereocenters. The number of allylic oxidation sites excluding steroid dienone is 2. The summed E-state index contributed by atoms with van der Waals surface area (Å²) in [5.74, 6) is 2.28. The second-order valence-electron chi connectivity index (χ2n) is 3.28. The van der Waals surface area contributed by atoms with Gasteiger partial charge in [-0.05, 0) is 36.4 Å². The van der Waals surface area contributed by atoms with Crippen LogP contribution in [0.25, 0.3) is 0 Å². The zero-order chi connectivity index (χ0) is 15.3. The Balaban J connectivity index is -0.000000368. The first-order valence-electron chi connectivity index (χ1n) is 5.04. The van der Waals surface area contributed by atoms with Crippen LogP contribution in [0, 0.1) is 25.6 Å². The van der Waals surface area contributed by atoms with E-state index in [1.165, 1.54) is 30.6 Å². The van der Waals surface area contributed by atoms with Crippen LogP contribution in [0.3, 0.4) is 0 Å². The van der Waals surface area contributed by atoms with Gasteiger partial charge in [-0.1, -0.05) is 38.5 Å². The summed E-state index contributed by atoms with van der Waals surface area (Å²) in [6.45, 7) is 17.9. The molecule has 0 aromatic heterocycles. The smallest absolute Gasteiger partial charge is 0 e. The molecule has 0 bridgehead atoms. The largest absolute Gasteiger partial charge is 0 e. The molecule has 0 fully saturated rings. The molecule has 1 aromatic carbocycles. The van der Waals surface area contributed by atoms with Gasteiger partial charge in [-0.25, -0.2) is 0 Å². The molecule has 0 spiro atoms. The van der Waals surface area contributed by atoms with Gasteiger partial charge in [0.05, 0.1) is 5.66 Å². The Morgan fingerprint density at radius 1 is 0.850 bits per heavy atom. The van der Waals surface area contributed by atoms with Crippen molar-refractivity contribution in [2.75, 3.05) is 0 Å². The maximum Gasteiger partial charge on any atom is 0 e. The van der Waals surface area contributed by atoms with Crippen LogP contribution in [-0.4, -0.2) is 5.80 Å². The van der Waals surface area contributed by atoms with Crippen LogP contribution in [0.2, 0.25) is 0 Å². The quantitative estimate of drug-likeness (QED) is 0.328. The standard InChI is InChI=1S/C12H12P.3CO.Mn/c1-9-8-13-12(10(9)2)11-6-4-3-5-7-11;3*1-2;/h3-8H,1-2H3;;;;. The van der Waals surface area contributed by atoms with Crippen molar-refractivity contribution < 1.29 is 31.0 Å². The minimum atomic E-state index is 0. The maximum absolute atomic E-state index is 7.50. The molecule has 5 heteroatoms. The summed E-state index contributed by atoms with van der Waals surface area (Å²) in [7, 11) is 1.34. The number of hydrogen-bond donors (Lipinski definition) is 0. The molecule has 102 valence electrons. The van der Waals surface area contributed by atoms with Crippen LogP contribution in [0.15, 0.2) is 41.5 Å². The van der Waals surface area contributed by atoms with Crippen molar-refractivity contribution in [3.8, 4) is 0 Å². The summed E-state index contributed by atoms with van der Waals surface area (Å²) < 4.78 is 22.5. The van der Waals surface area contributed by atoms with Crippen molar-refractivity contribution in [3.05, 3.63) is 72.7 Å². The molecular formula is C15H12MnO3P. The Bertz CT molecular complexity index is 473. The third kappa shape index (κ3) is 7.46. The Labute approximate surface area is 131 Å². The molecule has 0 saturated heterocycles. The summed E-state index contributed by atoms with van der Waals surface area (Å²) in [6.07, 6.45) is 0. The van der Waals surface area contributed by atoms with E-state index >= 15 is 0 Å². The van der Waals surface area contributed by atoms with Gasteiger partial charge in [-0.2, -0.15) is 0 Å². The minimum absolute atomic E-state index is 0. The van der Waals surface area contributed by atoms with Crippen molar-refractivity contribution in [1.29, 1.82) is 0 Å². The Hall–Kier alpha value is -1.13. The monoisotopic (exact) mass is 326 g/mol. The number of rotatable bonds is 1. The molecule has 2 radical (unpaired) electrons. The Kier molecular flexibility index (Phi) is 19.1. The van der Waals surface area contributed by atoms with Crippen LogP contribution in [0.1, 0.15) is 19.4 Å². The third-order valence-electron chi connectivity index (χ3n) is 2.38. The molecule has 2 rings (SSSR count). The van der Waals surface area contributed by atoms with Crippen molar-refractivity contribution in [2.24, 2.45) is 0 Å². The SMILES string of the molecule is CC1=C(C)[C](c2ccccc2)P=C1.[C-]#[O+].[C-]#[O+].[C-]#[O+].[Mn].